The average molecular weight is 208 g/mol. The molecule has 3 nitrogen and oxygen atoms in total. The summed E-state index contributed by atoms with van der Waals surface area (Å²) in [5, 5.41) is 3.05. The molecule has 0 saturated carbocycles. The molecule has 4 heteroatoms. The van der Waals surface area contributed by atoms with Crippen LogP contribution < -0.4 is 15.8 Å². The SMILES string of the molecule is C=CCOc1ccccc1NC(N)=S. The van der Waals surface area contributed by atoms with Crippen LogP contribution in [0, 0.1) is 0 Å². The summed E-state index contributed by atoms with van der Waals surface area (Å²) >= 11 is 4.74. The third-order valence-corrected chi connectivity index (χ3v) is 1.60. The van der Waals surface area contributed by atoms with Crippen LogP contribution in [0.1, 0.15) is 0 Å². The lowest BCUT2D eigenvalue weighted by molar-refractivity contribution is 0.365. The molecule has 1 rings (SSSR count). The van der Waals surface area contributed by atoms with E-state index in [0.717, 1.165) is 5.69 Å². The van der Waals surface area contributed by atoms with Crippen molar-refractivity contribution in [3.8, 4) is 5.75 Å². The van der Waals surface area contributed by atoms with E-state index in [1.165, 1.54) is 0 Å². The highest BCUT2D eigenvalue weighted by molar-refractivity contribution is 7.80. The predicted octanol–water partition coefficient (Wildman–Crippen LogP) is 1.91. The molecule has 3 N–H and O–H groups in total. The van der Waals surface area contributed by atoms with Crippen molar-refractivity contribution in [2.75, 3.05) is 11.9 Å². The van der Waals surface area contributed by atoms with Gasteiger partial charge in [-0.3, -0.25) is 0 Å². The minimum absolute atomic E-state index is 0.222. The summed E-state index contributed by atoms with van der Waals surface area (Å²) in [7, 11) is 0. The molecule has 0 atom stereocenters. The van der Waals surface area contributed by atoms with E-state index in [0.29, 0.717) is 12.4 Å². The third-order valence-electron chi connectivity index (χ3n) is 1.50. The van der Waals surface area contributed by atoms with Crippen molar-refractivity contribution in [3.05, 3.63) is 36.9 Å². The fraction of sp³-hybridized carbons (Fsp3) is 0.100. The topological polar surface area (TPSA) is 47.3 Å². The van der Waals surface area contributed by atoms with E-state index < -0.39 is 0 Å². The average Bonchev–Trinajstić information content (AvgIpc) is 2.16. The highest BCUT2D eigenvalue weighted by Gasteiger charge is 2.01. The van der Waals surface area contributed by atoms with Crippen LogP contribution in [0.2, 0.25) is 0 Å². The van der Waals surface area contributed by atoms with Gasteiger partial charge in [0.05, 0.1) is 5.69 Å². The molecule has 0 unspecified atom stereocenters. The maximum Gasteiger partial charge on any atom is 0.168 e. The molecular formula is C10H12N2OS. The number of benzene rings is 1. The van der Waals surface area contributed by atoms with E-state index in [2.05, 4.69) is 11.9 Å². The molecule has 0 spiro atoms. The van der Waals surface area contributed by atoms with Crippen LogP contribution in [0.5, 0.6) is 5.75 Å². The number of thiocarbonyl (C=S) groups is 1. The molecule has 74 valence electrons. The van der Waals surface area contributed by atoms with Gasteiger partial charge in [0.1, 0.15) is 12.4 Å². The Morgan fingerprint density at radius 3 is 2.93 bits per heavy atom. The van der Waals surface area contributed by atoms with E-state index in [1.807, 2.05) is 24.3 Å². The van der Waals surface area contributed by atoms with Crippen molar-refractivity contribution in [1.82, 2.24) is 0 Å². The number of hydrogen-bond acceptors (Lipinski definition) is 2. The Labute approximate surface area is 88.6 Å². The molecule has 1 aromatic carbocycles. The maximum absolute atomic E-state index is 5.39. The summed E-state index contributed by atoms with van der Waals surface area (Å²) in [4.78, 5) is 0. The zero-order valence-corrected chi connectivity index (χ0v) is 8.51. The van der Waals surface area contributed by atoms with Crippen molar-refractivity contribution >= 4 is 23.0 Å². The molecule has 0 amide bonds. The summed E-state index contributed by atoms with van der Waals surface area (Å²) in [5.74, 6) is 0.709. The first-order chi connectivity index (χ1) is 6.74. The lowest BCUT2D eigenvalue weighted by Gasteiger charge is -2.10. The molecule has 0 heterocycles. The van der Waals surface area contributed by atoms with Crippen LogP contribution in [-0.4, -0.2) is 11.7 Å². The van der Waals surface area contributed by atoms with Crippen molar-refractivity contribution in [2.45, 2.75) is 0 Å². The highest BCUT2D eigenvalue weighted by Crippen LogP contribution is 2.23. The smallest absolute Gasteiger partial charge is 0.168 e. The first kappa shape index (κ1) is 10.5. The Morgan fingerprint density at radius 1 is 1.57 bits per heavy atom. The Hall–Kier alpha value is -1.55. The molecule has 0 aliphatic rings. The fourth-order valence-electron chi connectivity index (χ4n) is 0.977. The Morgan fingerprint density at radius 2 is 2.29 bits per heavy atom. The molecule has 0 aliphatic carbocycles. The van der Waals surface area contributed by atoms with Gasteiger partial charge >= 0.3 is 0 Å². The normalized spacial score (nSPS) is 9.14. The lowest BCUT2D eigenvalue weighted by Crippen LogP contribution is -2.19. The van der Waals surface area contributed by atoms with Crippen molar-refractivity contribution in [2.24, 2.45) is 5.73 Å². The van der Waals surface area contributed by atoms with E-state index in [1.54, 1.807) is 6.08 Å². The molecule has 0 fully saturated rings. The summed E-state index contributed by atoms with van der Waals surface area (Å²) in [6, 6.07) is 7.44. The van der Waals surface area contributed by atoms with Crippen LogP contribution in [0.15, 0.2) is 36.9 Å². The van der Waals surface area contributed by atoms with Crippen LogP contribution in [0.3, 0.4) is 0 Å². The van der Waals surface area contributed by atoms with Gasteiger partial charge in [0, 0.05) is 0 Å². The van der Waals surface area contributed by atoms with Gasteiger partial charge in [-0.15, -0.1) is 0 Å². The van der Waals surface area contributed by atoms with Crippen LogP contribution in [-0.2, 0) is 0 Å². The van der Waals surface area contributed by atoms with Gasteiger partial charge < -0.3 is 15.8 Å². The molecular weight excluding hydrogens is 196 g/mol. The molecule has 14 heavy (non-hydrogen) atoms. The second-order valence-electron chi connectivity index (χ2n) is 2.59. The molecule has 0 aliphatic heterocycles. The summed E-state index contributed by atoms with van der Waals surface area (Å²) in [5.41, 5.74) is 6.13. The Bertz CT molecular complexity index is 339. The monoisotopic (exact) mass is 208 g/mol. The van der Waals surface area contributed by atoms with Gasteiger partial charge in [0.2, 0.25) is 0 Å². The van der Waals surface area contributed by atoms with Gasteiger partial charge in [-0.05, 0) is 24.4 Å². The number of rotatable bonds is 4. The number of nitrogens with two attached hydrogens (primary N) is 1. The van der Waals surface area contributed by atoms with E-state index >= 15 is 0 Å². The summed E-state index contributed by atoms with van der Waals surface area (Å²) in [6.45, 7) is 4.02. The quantitative estimate of drug-likeness (QED) is 0.586. The number of para-hydroxylation sites is 2. The largest absolute Gasteiger partial charge is 0.487 e. The van der Waals surface area contributed by atoms with E-state index in [4.69, 9.17) is 22.7 Å². The van der Waals surface area contributed by atoms with Crippen molar-refractivity contribution in [1.29, 1.82) is 0 Å². The first-order valence-corrected chi connectivity index (χ1v) is 4.54. The molecule has 0 radical (unpaired) electrons. The van der Waals surface area contributed by atoms with Gasteiger partial charge in [0.15, 0.2) is 5.11 Å². The van der Waals surface area contributed by atoms with Crippen molar-refractivity contribution < 1.29 is 4.74 Å². The van der Waals surface area contributed by atoms with E-state index in [9.17, 15) is 0 Å². The van der Waals surface area contributed by atoms with Crippen LogP contribution in [0.25, 0.3) is 0 Å². The Balaban J connectivity index is 2.79. The summed E-state index contributed by atoms with van der Waals surface area (Å²) in [6.07, 6.45) is 1.68. The number of hydrogen-bond donors (Lipinski definition) is 2. The fourth-order valence-corrected chi connectivity index (χ4v) is 1.09. The molecule has 0 bridgehead atoms. The minimum atomic E-state index is 0.222. The van der Waals surface area contributed by atoms with Crippen LogP contribution >= 0.6 is 12.2 Å². The van der Waals surface area contributed by atoms with Gasteiger partial charge in [-0.1, -0.05) is 24.8 Å². The predicted molar refractivity (Wildman–Crippen MR) is 62.5 cm³/mol. The minimum Gasteiger partial charge on any atom is -0.487 e. The van der Waals surface area contributed by atoms with Gasteiger partial charge in [-0.2, -0.15) is 0 Å². The number of nitrogens with one attached hydrogen (secondary N) is 1. The van der Waals surface area contributed by atoms with Crippen LogP contribution in [0.4, 0.5) is 5.69 Å². The number of anilines is 1. The number of ether oxygens (including phenoxy) is 1. The first-order valence-electron chi connectivity index (χ1n) is 4.13. The highest BCUT2D eigenvalue weighted by atomic mass is 32.1. The molecule has 0 aromatic heterocycles. The lowest BCUT2D eigenvalue weighted by atomic mass is 10.3. The summed E-state index contributed by atoms with van der Waals surface area (Å²) < 4.78 is 5.39. The van der Waals surface area contributed by atoms with E-state index in [-0.39, 0.29) is 5.11 Å². The van der Waals surface area contributed by atoms with Gasteiger partial charge in [0.25, 0.3) is 0 Å². The molecule has 1 aromatic rings. The standard InChI is InChI=1S/C10H12N2OS/c1-2-7-13-9-6-4-3-5-8(9)12-10(11)14/h2-6H,1,7H2,(H3,11,12,14). The second-order valence-corrected chi connectivity index (χ2v) is 3.02. The van der Waals surface area contributed by atoms with Crippen molar-refractivity contribution in [3.63, 3.8) is 0 Å². The second kappa shape index (κ2) is 5.24. The molecule has 0 saturated heterocycles. The zero-order chi connectivity index (χ0) is 10.4. The van der Waals surface area contributed by atoms with Gasteiger partial charge in [-0.25, -0.2) is 0 Å². The third kappa shape index (κ3) is 3.06. The zero-order valence-electron chi connectivity index (χ0n) is 7.69. The Kier molecular flexibility index (Phi) is 3.94. The maximum atomic E-state index is 5.39.